The highest BCUT2D eigenvalue weighted by Gasteiger charge is 2.33. The lowest BCUT2D eigenvalue weighted by Crippen LogP contribution is -2.51. The van der Waals surface area contributed by atoms with Crippen molar-refractivity contribution >= 4 is 21.8 Å². The molecule has 2 rings (SSSR count). The summed E-state index contributed by atoms with van der Waals surface area (Å²) in [7, 11) is 2.96. The van der Waals surface area contributed by atoms with Gasteiger partial charge in [0, 0.05) is 30.7 Å². The van der Waals surface area contributed by atoms with Gasteiger partial charge in [0.15, 0.2) is 11.5 Å². The fourth-order valence-corrected chi connectivity index (χ4v) is 3.04. The van der Waals surface area contributed by atoms with E-state index in [2.05, 4.69) is 15.9 Å². The van der Waals surface area contributed by atoms with E-state index in [1.165, 1.54) is 19.1 Å². The fourth-order valence-electron chi connectivity index (χ4n) is 2.55. The van der Waals surface area contributed by atoms with Crippen LogP contribution in [0.4, 0.5) is 13.2 Å². The van der Waals surface area contributed by atoms with Gasteiger partial charge in [-0.1, -0.05) is 0 Å². The third-order valence-corrected chi connectivity index (χ3v) is 4.42. The number of methoxy groups -OCH3 is 2. The van der Waals surface area contributed by atoms with Crippen molar-refractivity contribution < 1.29 is 27.4 Å². The highest BCUT2D eigenvalue weighted by Crippen LogP contribution is 2.34. The summed E-state index contributed by atoms with van der Waals surface area (Å²) in [5.41, 5.74) is 0.386. The van der Waals surface area contributed by atoms with Crippen LogP contribution in [0.15, 0.2) is 16.6 Å². The topological polar surface area (TPSA) is 42.0 Å². The minimum absolute atomic E-state index is 0.191. The molecule has 1 saturated heterocycles. The molecule has 1 aliphatic heterocycles. The zero-order valence-electron chi connectivity index (χ0n) is 13.3. The van der Waals surface area contributed by atoms with Crippen molar-refractivity contribution in [1.82, 2.24) is 9.80 Å². The van der Waals surface area contributed by atoms with Crippen LogP contribution < -0.4 is 9.47 Å². The summed E-state index contributed by atoms with van der Waals surface area (Å²) in [4.78, 5) is 15.5. The van der Waals surface area contributed by atoms with Crippen LogP contribution in [0.5, 0.6) is 11.5 Å². The Labute approximate surface area is 146 Å². The van der Waals surface area contributed by atoms with Gasteiger partial charge in [-0.25, -0.2) is 0 Å². The van der Waals surface area contributed by atoms with E-state index in [9.17, 15) is 18.0 Å². The first-order valence-electron chi connectivity index (χ1n) is 7.25. The van der Waals surface area contributed by atoms with E-state index in [1.54, 1.807) is 17.0 Å². The Morgan fingerprint density at radius 1 is 1.12 bits per heavy atom. The summed E-state index contributed by atoms with van der Waals surface area (Å²) in [5, 5.41) is 0. The molecular weight excluding hydrogens is 393 g/mol. The van der Waals surface area contributed by atoms with Crippen molar-refractivity contribution in [2.45, 2.75) is 6.18 Å². The second-order valence-corrected chi connectivity index (χ2v) is 6.22. The van der Waals surface area contributed by atoms with Crippen molar-refractivity contribution in [3.63, 3.8) is 0 Å². The number of rotatable bonds is 4. The molecule has 0 aliphatic carbocycles. The molecule has 0 N–H and O–H groups in total. The highest BCUT2D eigenvalue weighted by atomic mass is 79.9. The summed E-state index contributed by atoms with van der Waals surface area (Å²) in [6, 6.07) is 3.19. The SMILES string of the molecule is COc1cc(Br)c(C(=O)N2CCN(CC(F)(F)F)CC2)cc1OC. The van der Waals surface area contributed by atoms with Crippen LogP contribution in [0.25, 0.3) is 0 Å². The average molecular weight is 411 g/mol. The molecule has 0 spiro atoms. The lowest BCUT2D eigenvalue weighted by Gasteiger charge is -2.35. The second-order valence-electron chi connectivity index (χ2n) is 5.37. The molecule has 5 nitrogen and oxygen atoms in total. The van der Waals surface area contributed by atoms with E-state index >= 15 is 0 Å². The molecule has 1 aromatic carbocycles. The molecule has 0 unspecified atom stereocenters. The normalized spacial score (nSPS) is 16.2. The number of carbonyl (C=O) groups excluding carboxylic acids is 1. The summed E-state index contributed by atoms with van der Waals surface area (Å²) in [6.07, 6.45) is -4.22. The maximum atomic E-state index is 12.6. The average Bonchev–Trinajstić information content (AvgIpc) is 2.53. The van der Waals surface area contributed by atoms with Crippen LogP contribution >= 0.6 is 15.9 Å². The summed E-state index contributed by atoms with van der Waals surface area (Å²) < 4.78 is 48.1. The minimum atomic E-state index is -4.22. The lowest BCUT2D eigenvalue weighted by atomic mass is 10.1. The van der Waals surface area contributed by atoms with Gasteiger partial charge in [-0.15, -0.1) is 0 Å². The summed E-state index contributed by atoms with van der Waals surface area (Å²) >= 11 is 3.33. The molecule has 0 bridgehead atoms. The largest absolute Gasteiger partial charge is 0.493 e. The second kappa shape index (κ2) is 7.60. The van der Waals surface area contributed by atoms with Crippen LogP contribution in [0.1, 0.15) is 10.4 Å². The van der Waals surface area contributed by atoms with Gasteiger partial charge < -0.3 is 14.4 Å². The van der Waals surface area contributed by atoms with Crippen LogP contribution in [-0.4, -0.2) is 68.8 Å². The number of nitrogens with zero attached hydrogens (tertiary/aromatic N) is 2. The van der Waals surface area contributed by atoms with Crippen LogP contribution in [0, 0.1) is 0 Å². The molecule has 1 fully saturated rings. The number of carbonyl (C=O) groups is 1. The highest BCUT2D eigenvalue weighted by molar-refractivity contribution is 9.10. The van der Waals surface area contributed by atoms with E-state index in [4.69, 9.17) is 9.47 Å². The van der Waals surface area contributed by atoms with Gasteiger partial charge in [0.2, 0.25) is 0 Å². The quantitative estimate of drug-likeness (QED) is 0.765. The van der Waals surface area contributed by atoms with Gasteiger partial charge in [0.05, 0.1) is 26.3 Å². The van der Waals surface area contributed by atoms with E-state index in [0.29, 0.717) is 21.5 Å². The van der Waals surface area contributed by atoms with E-state index in [0.717, 1.165) is 0 Å². The Kier molecular flexibility index (Phi) is 5.97. The molecule has 134 valence electrons. The van der Waals surface area contributed by atoms with Crippen molar-refractivity contribution in [3.8, 4) is 11.5 Å². The third-order valence-electron chi connectivity index (χ3n) is 3.77. The number of piperazine rings is 1. The number of alkyl halides is 3. The van der Waals surface area contributed by atoms with Gasteiger partial charge in [-0.05, 0) is 28.1 Å². The molecule has 0 atom stereocenters. The first-order valence-corrected chi connectivity index (χ1v) is 8.04. The predicted octanol–water partition coefficient (Wildman–Crippen LogP) is 2.79. The molecule has 1 aliphatic rings. The van der Waals surface area contributed by atoms with Crippen LogP contribution in [-0.2, 0) is 0 Å². The zero-order valence-corrected chi connectivity index (χ0v) is 14.9. The molecular formula is C15H18BrF3N2O3. The molecule has 9 heteroatoms. The van der Waals surface area contributed by atoms with Gasteiger partial charge in [-0.3, -0.25) is 9.69 Å². The van der Waals surface area contributed by atoms with E-state index in [-0.39, 0.29) is 32.1 Å². The molecule has 0 aromatic heterocycles. The third kappa shape index (κ3) is 4.54. The monoisotopic (exact) mass is 410 g/mol. The van der Waals surface area contributed by atoms with Crippen molar-refractivity contribution in [1.29, 1.82) is 0 Å². The molecule has 1 heterocycles. The van der Waals surface area contributed by atoms with Gasteiger partial charge >= 0.3 is 6.18 Å². The minimum Gasteiger partial charge on any atom is -0.493 e. The van der Waals surface area contributed by atoms with Gasteiger partial charge in [0.1, 0.15) is 0 Å². The van der Waals surface area contributed by atoms with Crippen LogP contribution in [0.2, 0.25) is 0 Å². The standard InChI is InChI=1S/C15H18BrF3N2O3/c1-23-12-7-10(11(16)8-13(12)24-2)14(22)21-5-3-20(4-6-21)9-15(17,18)19/h7-8H,3-6,9H2,1-2H3. The van der Waals surface area contributed by atoms with E-state index in [1.807, 2.05) is 0 Å². The zero-order chi connectivity index (χ0) is 17.9. The summed E-state index contributed by atoms with van der Waals surface area (Å²) in [6.45, 7) is -0.0766. The summed E-state index contributed by atoms with van der Waals surface area (Å²) in [5.74, 6) is 0.644. The number of hydrogen-bond donors (Lipinski definition) is 0. The first kappa shape index (κ1) is 18.9. The number of hydrogen-bond acceptors (Lipinski definition) is 4. The Morgan fingerprint density at radius 2 is 1.67 bits per heavy atom. The van der Waals surface area contributed by atoms with Gasteiger partial charge in [0.25, 0.3) is 5.91 Å². The first-order chi connectivity index (χ1) is 11.2. The molecule has 0 saturated carbocycles. The molecule has 1 aromatic rings. The fraction of sp³-hybridized carbons (Fsp3) is 0.533. The lowest BCUT2D eigenvalue weighted by molar-refractivity contribution is -0.148. The maximum Gasteiger partial charge on any atom is 0.401 e. The van der Waals surface area contributed by atoms with Crippen molar-refractivity contribution in [3.05, 3.63) is 22.2 Å². The van der Waals surface area contributed by atoms with E-state index < -0.39 is 12.7 Å². The number of amides is 1. The molecule has 0 radical (unpaired) electrons. The number of benzene rings is 1. The predicted molar refractivity (Wildman–Crippen MR) is 85.6 cm³/mol. The Bertz CT molecular complexity index is 602. The molecule has 24 heavy (non-hydrogen) atoms. The van der Waals surface area contributed by atoms with Crippen LogP contribution in [0.3, 0.4) is 0 Å². The smallest absolute Gasteiger partial charge is 0.401 e. The van der Waals surface area contributed by atoms with Crippen molar-refractivity contribution in [2.75, 3.05) is 46.9 Å². The Balaban J connectivity index is 2.08. The number of ether oxygens (including phenoxy) is 2. The van der Waals surface area contributed by atoms with Crippen molar-refractivity contribution in [2.24, 2.45) is 0 Å². The number of halogens is 4. The molecule has 1 amide bonds. The Morgan fingerprint density at radius 3 is 2.17 bits per heavy atom. The van der Waals surface area contributed by atoms with Gasteiger partial charge in [-0.2, -0.15) is 13.2 Å². The maximum absolute atomic E-state index is 12.6. The Hall–Kier alpha value is -1.48.